The third-order valence-corrected chi connectivity index (χ3v) is 6.14. The van der Waals surface area contributed by atoms with Crippen molar-refractivity contribution in [2.45, 2.75) is 18.4 Å². The molecular weight excluding hydrogens is 466 g/mol. The highest BCUT2D eigenvalue weighted by molar-refractivity contribution is 5.80. The highest BCUT2D eigenvalue weighted by atomic mass is 16.7. The van der Waals surface area contributed by atoms with Gasteiger partial charge in [0, 0.05) is 36.1 Å². The van der Waals surface area contributed by atoms with E-state index in [1.165, 1.54) is 24.5 Å². The summed E-state index contributed by atoms with van der Waals surface area (Å²) in [5.74, 6) is -0.666. The lowest BCUT2D eigenvalue weighted by atomic mass is 9.87. The van der Waals surface area contributed by atoms with Gasteiger partial charge in [-0.3, -0.25) is 9.59 Å². The lowest BCUT2D eigenvalue weighted by Crippen LogP contribution is -2.30. The first-order chi connectivity index (χ1) is 17.4. The number of aliphatic hydroxyl groups is 1. The molecule has 1 aliphatic rings. The van der Waals surface area contributed by atoms with Crippen LogP contribution in [0.25, 0.3) is 11.0 Å². The highest BCUT2D eigenvalue weighted by Gasteiger charge is 2.28. The zero-order valence-corrected chi connectivity index (χ0v) is 19.0. The average molecular weight is 489 g/mol. The van der Waals surface area contributed by atoms with Crippen molar-refractivity contribution >= 4 is 16.9 Å². The molecule has 0 saturated carbocycles. The number of aromatic hydroxyl groups is 2. The number of carbonyl (C=O) groups excluding carboxylic acids is 1. The van der Waals surface area contributed by atoms with E-state index in [0.717, 1.165) is 0 Å². The predicted octanol–water partition coefficient (Wildman–Crippen LogP) is 3.30. The number of para-hydroxylation sites is 1. The molecule has 0 unspecified atom stereocenters. The summed E-state index contributed by atoms with van der Waals surface area (Å²) in [6, 6.07) is 15.7. The van der Waals surface area contributed by atoms with Crippen LogP contribution in [0.15, 0.2) is 76.1 Å². The maximum absolute atomic E-state index is 13.4. The lowest BCUT2D eigenvalue weighted by molar-refractivity contribution is -0.121. The molecule has 0 radical (unpaired) electrons. The van der Waals surface area contributed by atoms with Crippen molar-refractivity contribution in [3.05, 3.63) is 93.8 Å². The maximum Gasteiger partial charge on any atom is 0.231 e. The summed E-state index contributed by atoms with van der Waals surface area (Å²) in [7, 11) is 0. The van der Waals surface area contributed by atoms with Gasteiger partial charge in [-0.15, -0.1) is 0 Å². The van der Waals surface area contributed by atoms with Gasteiger partial charge >= 0.3 is 0 Å². The molecule has 9 nitrogen and oxygen atoms in total. The molecule has 1 amide bonds. The van der Waals surface area contributed by atoms with Gasteiger partial charge in [-0.25, -0.2) is 0 Å². The van der Waals surface area contributed by atoms with E-state index in [1.807, 2.05) is 0 Å². The van der Waals surface area contributed by atoms with Crippen LogP contribution in [0.5, 0.6) is 23.0 Å². The van der Waals surface area contributed by atoms with E-state index in [1.54, 1.807) is 42.5 Å². The summed E-state index contributed by atoms with van der Waals surface area (Å²) in [6.45, 7) is -0.0909. The van der Waals surface area contributed by atoms with Crippen molar-refractivity contribution in [1.29, 1.82) is 0 Å². The van der Waals surface area contributed by atoms with Gasteiger partial charge < -0.3 is 34.5 Å². The van der Waals surface area contributed by atoms with Crippen LogP contribution >= 0.6 is 0 Å². The standard InChI is InChI=1S/C27H23NO8/c29-16-7-5-15(6-8-16)22(31)12-28-26(32)10-18(19-9-24-25(11-21(19)30)36-14-35-24)20-13-34-23-4-2-1-3-17(23)27(20)33/h1-9,11,13,18,22,29-31H,10,12,14H2,(H,28,32)/t18-,22+/m0/s1. The Morgan fingerprint density at radius 1 is 0.972 bits per heavy atom. The van der Waals surface area contributed by atoms with Gasteiger partial charge in [0.2, 0.25) is 12.7 Å². The fourth-order valence-corrected chi connectivity index (χ4v) is 4.23. The molecule has 3 aromatic carbocycles. The Balaban J connectivity index is 1.45. The Hall–Kier alpha value is -4.50. The molecule has 2 heterocycles. The fourth-order valence-electron chi connectivity index (χ4n) is 4.23. The molecule has 184 valence electrons. The van der Waals surface area contributed by atoms with Gasteiger partial charge in [0.15, 0.2) is 16.9 Å². The summed E-state index contributed by atoms with van der Waals surface area (Å²) in [4.78, 5) is 26.3. The van der Waals surface area contributed by atoms with Crippen molar-refractivity contribution < 1.29 is 34.0 Å². The zero-order valence-electron chi connectivity index (χ0n) is 19.0. The molecule has 9 heteroatoms. The van der Waals surface area contributed by atoms with Gasteiger partial charge in [0.25, 0.3) is 0 Å². The molecule has 0 spiro atoms. The van der Waals surface area contributed by atoms with E-state index in [0.29, 0.717) is 33.6 Å². The Kier molecular flexibility index (Phi) is 6.22. The molecule has 0 fully saturated rings. The molecule has 2 atom stereocenters. The van der Waals surface area contributed by atoms with Gasteiger partial charge in [-0.2, -0.15) is 0 Å². The van der Waals surface area contributed by atoms with Crippen LogP contribution in [0.2, 0.25) is 0 Å². The monoisotopic (exact) mass is 489 g/mol. The summed E-state index contributed by atoms with van der Waals surface area (Å²) in [5.41, 5.74) is 1.10. The second-order valence-corrected chi connectivity index (χ2v) is 8.45. The molecule has 5 rings (SSSR count). The first-order valence-corrected chi connectivity index (χ1v) is 11.3. The van der Waals surface area contributed by atoms with Crippen molar-refractivity contribution in [3.8, 4) is 23.0 Å². The summed E-state index contributed by atoms with van der Waals surface area (Å²) >= 11 is 0. The third kappa shape index (κ3) is 4.56. The molecule has 0 aliphatic carbocycles. The first kappa shape index (κ1) is 23.3. The largest absolute Gasteiger partial charge is 0.508 e. The highest BCUT2D eigenvalue weighted by Crippen LogP contribution is 2.42. The van der Waals surface area contributed by atoms with Gasteiger partial charge in [-0.05, 0) is 35.9 Å². The number of hydrogen-bond donors (Lipinski definition) is 4. The van der Waals surface area contributed by atoms with Crippen LogP contribution in [0.3, 0.4) is 0 Å². The van der Waals surface area contributed by atoms with E-state index >= 15 is 0 Å². The molecular formula is C27H23NO8. The number of phenolic OH excluding ortho intramolecular Hbond substituents is 2. The van der Waals surface area contributed by atoms with Crippen molar-refractivity contribution in [1.82, 2.24) is 5.32 Å². The quantitative estimate of drug-likeness (QED) is 0.310. The topological polar surface area (TPSA) is 138 Å². The minimum Gasteiger partial charge on any atom is -0.508 e. The normalized spacial score (nSPS) is 13.9. The van der Waals surface area contributed by atoms with Crippen molar-refractivity contribution in [2.24, 2.45) is 0 Å². The van der Waals surface area contributed by atoms with E-state index in [2.05, 4.69) is 5.32 Å². The second kappa shape index (κ2) is 9.63. The number of carbonyl (C=O) groups is 1. The van der Waals surface area contributed by atoms with Gasteiger partial charge in [0.05, 0.1) is 17.8 Å². The van der Waals surface area contributed by atoms with Crippen LogP contribution < -0.4 is 20.2 Å². The molecule has 4 N–H and O–H groups in total. The minimum absolute atomic E-state index is 0.00333. The smallest absolute Gasteiger partial charge is 0.231 e. The third-order valence-electron chi connectivity index (χ3n) is 6.14. The number of amides is 1. The molecule has 0 bridgehead atoms. The SMILES string of the molecule is O=C(C[C@@H](c1cc2c(cc1O)OCO2)c1coc2ccccc2c1=O)NC[C@@H](O)c1ccc(O)cc1. The molecule has 0 saturated heterocycles. The van der Waals surface area contributed by atoms with Gasteiger partial charge in [-0.1, -0.05) is 24.3 Å². The number of benzene rings is 3. The number of ether oxygens (including phenoxy) is 2. The Bertz CT molecular complexity index is 1480. The second-order valence-electron chi connectivity index (χ2n) is 8.45. The molecule has 4 aromatic rings. The number of hydrogen-bond acceptors (Lipinski definition) is 8. The fraction of sp³-hybridized carbons (Fsp3) is 0.185. The first-order valence-electron chi connectivity index (χ1n) is 11.3. The predicted molar refractivity (Wildman–Crippen MR) is 129 cm³/mol. The number of phenols is 2. The van der Waals surface area contributed by atoms with Crippen LogP contribution in [0.1, 0.15) is 35.1 Å². The molecule has 1 aromatic heterocycles. The Morgan fingerprint density at radius 3 is 2.47 bits per heavy atom. The Labute approximate surface area is 205 Å². The number of nitrogens with one attached hydrogen (secondary N) is 1. The summed E-state index contributed by atoms with van der Waals surface area (Å²) in [5, 5.41) is 33.6. The summed E-state index contributed by atoms with van der Waals surface area (Å²) < 4.78 is 16.4. The van der Waals surface area contributed by atoms with Crippen molar-refractivity contribution in [2.75, 3.05) is 13.3 Å². The number of aliphatic hydroxyl groups excluding tert-OH is 1. The maximum atomic E-state index is 13.4. The van der Waals surface area contributed by atoms with E-state index in [9.17, 15) is 24.9 Å². The average Bonchev–Trinajstić information content (AvgIpc) is 3.34. The summed E-state index contributed by atoms with van der Waals surface area (Å²) in [6.07, 6.45) is 0.0916. The van der Waals surface area contributed by atoms with Crippen LogP contribution in [0.4, 0.5) is 0 Å². The Morgan fingerprint density at radius 2 is 1.69 bits per heavy atom. The lowest BCUT2D eigenvalue weighted by Gasteiger charge is -2.19. The van der Waals surface area contributed by atoms with E-state index < -0.39 is 17.9 Å². The molecule has 1 aliphatic heterocycles. The van der Waals surface area contributed by atoms with Crippen molar-refractivity contribution in [3.63, 3.8) is 0 Å². The zero-order chi connectivity index (χ0) is 25.2. The number of rotatable bonds is 7. The van der Waals surface area contributed by atoms with E-state index in [4.69, 9.17) is 13.9 Å². The van der Waals surface area contributed by atoms with E-state index in [-0.39, 0.29) is 42.2 Å². The van der Waals surface area contributed by atoms with Gasteiger partial charge in [0.1, 0.15) is 17.1 Å². The van der Waals surface area contributed by atoms with Crippen LogP contribution in [-0.2, 0) is 4.79 Å². The number of fused-ring (bicyclic) bond motifs is 2. The molecule has 36 heavy (non-hydrogen) atoms. The van der Waals surface area contributed by atoms with Crippen LogP contribution in [0, 0.1) is 0 Å². The minimum atomic E-state index is -1.00. The van der Waals surface area contributed by atoms with Crippen LogP contribution in [-0.4, -0.2) is 34.6 Å².